The van der Waals surface area contributed by atoms with Crippen LogP contribution >= 0.6 is 0 Å². The molecular weight excluding hydrogens is 238 g/mol. The zero-order chi connectivity index (χ0) is 12.9. The molecule has 1 fully saturated rings. The molecular formula is C12H23NO3S. The standard InChI is InChI=1S/C12H23NO3S/c1-3-9-17(15,16)10-12(14)13-7-4-5-11(2)6-8-13/h11H,3-10H2,1-2H3. The lowest BCUT2D eigenvalue weighted by Crippen LogP contribution is -2.37. The molecule has 1 aliphatic rings. The minimum Gasteiger partial charge on any atom is -0.342 e. The van der Waals surface area contributed by atoms with Gasteiger partial charge in [0.1, 0.15) is 5.75 Å². The Morgan fingerprint density at radius 1 is 1.29 bits per heavy atom. The molecule has 0 spiro atoms. The third-order valence-corrected chi connectivity index (χ3v) is 4.95. The molecule has 1 rings (SSSR count). The van der Waals surface area contributed by atoms with Crippen LogP contribution in [0.15, 0.2) is 0 Å². The Morgan fingerprint density at radius 2 is 2.00 bits per heavy atom. The van der Waals surface area contributed by atoms with Crippen molar-refractivity contribution in [3.63, 3.8) is 0 Å². The molecule has 1 heterocycles. The summed E-state index contributed by atoms with van der Waals surface area (Å²) in [6.07, 6.45) is 3.68. The van der Waals surface area contributed by atoms with Crippen LogP contribution in [0.5, 0.6) is 0 Å². The van der Waals surface area contributed by atoms with Gasteiger partial charge in [-0.2, -0.15) is 0 Å². The summed E-state index contributed by atoms with van der Waals surface area (Å²) in [5.41, 5.74) is 0. The van der Waals surface area contributed by atoms with Crippen LogP contribution in [0.2, 0.25) is 0 Å². The maximum atomic E-state index is 11.9. The highest BCUT2D eigenvalue weighted by atomic mass is 32.2. The van der Waals surface area contributed by atoms with Gasteiger partial charge in [0.2, 0.25) is 5.91 Å². The van der Waals surface area contributed by atoms with Crippen LogP contribution in [0.4, 0.5) is 0 Å². The average molecular weight is 261 g/mol. The number of nitrogens with zero attached hydrogens (tertiary/aromatic N) is 1. The van der Waals surface area contributed by atoms with Crippen LogP contribution in [-0.2, 0) is 14.6 Å². The van der Waals surface area contributed by atoms with Crippen LogP contribution in [0.3, 0.4) is 0 Å². The first-order valence-electron chi connectivity index (χ1n) is 6.43. The molecule has 17 heavy (non-hydrogen) atoms. The lowest BCUT2D eigenvalue weighted by molar-refractivity contribution is -0.128. The van der Waals surface area contributed by atoms with Gasteiger partial charge in [-0.3, -0.25) is 4.79 Å². The van der Waals surface area contributed by atoms with E-state index in [2.05, 4.69) is 6.92 Å². The van der Waals surface area contributed by atoms with E-state index in [1.54, 1.807) is 4.90 Å². The first-order valence-corrected chi connectivity index (χ1v) is 8.25. The third kappa shape index (κ3) is 5.06. The molecule has 1 amide bonds. The van der Waals surface area contributed by atoms with E-state index >= 15 is 0 Å². The van der Waals surface area contributed by atoms with Gasteiger partial charge in [-0.25, -0.2) is 8.42 Å². The van der Waals surface area contributed by atoms with Gasteiger partial charge < -0.3 is 4.90 Å². The van der Waals surface area contributed by atoms with Crippen molar-refractivity contribution in [3.8, 4) is 0 Å². The Labute approximate surface area is 104 Å². The summed E-state index contributed by atoms with van der Waals surface area (Å²) in [7, 11) is -3.20. The van der Waals surface area contributed by atoms with E-state index < -0.39 is 9.84 Å². The normalized spacial score (nSPS) is 22.2. The van der Waals surface area contributed by atoms with Gasteiger partial charge in [-0.1, -0.05) is 13.8 Å². The van der Waals surface area contributed by atoms with Crippen LogP contribution in [0.25, 0.3) is 0 Å². The fraction of sp³-hybridized carbons (Fsp3) is 0.917. The van der Waals surface area contributed by atoms with Gasteiger partial charge in [-0.15, -0.1) is 0 Å². The molecule has 5 heteroatoms. The van der Waals surface area contributed by atoms with Gasteiger partial charge in [-0.05, 0) is 31.6 Å². The fourth-order valence-electron chi connectivity index (χ4n) is 2.17. The largest absolute Gasteiger partial charge is 0.342 e. The highest BCUT2D eigenvalue weighted by Gasteiger charge is 2.23. The Balaban J connectivity index is 2.52. The summed E-state index contributed by atoms with van der Waals surface area (Å²) in [4.78, 5) is 13.6. The number of carbonyl (C=O) groups excluding carboxylic acids is 1. The van der Waals surface area contributed by atoms with E-state index in [-0.39, 0.29) is 17.4 Å². The predicted molar refractivity (Wildman–Crippen MR) is 68.5 cm³/mol. The van der Waals surface area contributed by atoms with Gasteiger partial charge in [0.15, 0.2) is 9.84 Å². The van der Waals surface area contributed by atoms with Crippen molar-refractivity contribution < 1.29 is 13.2 Å². The SMILES string of the molecule is CCCS(=O)(=O)CC(=O)N1CCCC(C)CC1. The summed E-state index contributed by atoms with van der Waals surface area (Å²) in [5, 5.41) is 0. The summed E-state index contributed by atoms with van der Waals surface area (Å²) >= 11 is 0. The van der Waals surface area contributed by atoms with E-state index in [9.17, 15) is 13.2 Å². The maximum Gasteiger partial charge on any atom is 0.237 e. The molecule has 100 valence electrons. The molecule has 0 radical (unpaired) electrons. The number of rotatable bonds is 4. The number of amides is 1. The van der Waals surface area contributed by atoms with Crippen LogP contribution in [0, 0.1) is 5.92 Å². The second-order valence-electron chi connectivity index (χ2n) is 5.01. The van der Waals surface area contributed by atoms with Gasteiger partial charge >= 0.3 is 0 Å². The van der Waals surface area contributed by atoms with Gasteiger partial charge in [0.25, 0.3) is 0 Å². The second kappa shape index (κ2) is 6.38. The highest BCUT2D eigenvalue weighted by Crippen LogP contribution is 2.16. The van der Waals surface area contributed by atoms with Crippen LogP contribution in [-0.4, -0.2) is 43.8 Å². The summed E-state index contributed by atoms with van der Waals surface area (Å²) in [6, 6.07) is 0. The zero-order valence-electron chi connectivity index (χ0n) is 10.8. The van der Waals surface area contributed by atoms with E-state index in [0.717, 1.165) is 19.3 Å². The van der Waals surface area contributed by atoms with Gasteiger partial charge in [0, 0.05) is 13.1 Å². The van der Waals surface area contributed by atoms with Crippen molar-refractivity contribution in [3.05, 3.63) is 0 Å². The molecule has 0 aliphatic carbocycles. The van der Waals surface area contributed by atoms with Crippen molar-refractivity contribution in [2.24, 2.45) is 5.92 Å². The van der Waals surface area contributed by atoms with Crippen molar-refractivity contribution >= 4 is 15.7 Å². The minimum atomic E-state index is -3.20. The van der Waals surface area contributed by atoms with Crippen molar-refractivity contribution in [2.45, 2.75) is 39.5 Å². The summed E-state index contributed by atoms with van der Waals surface area (Å²) in [5.74, 6) is 0.227. The molecule has 0 bridgehead atoms. The van der Waals surface area contributed by atoms with E-state index in [4.69, 9.17) is 0 Å². The molecule has 1 atom stereocenters. The van der Waals surface area contributed by atoms with E-state index in [0.29, 0.717) is 25.4 Å². The molecule has 0 N–H and O–H groups in total. The third-order valence-electron chi connectivity index (χ3n) is 3.23. The molecule has 1 saturated heterocycles. The molecule has 1 aliphatic heterocycles. The van der Waals surface area contributed by atoms with Crippen LogP contribution < -0.4 is 0 Å². The number of sulfone groups is 1. The first kappa shape index (κ1) is 14.5. The Kier molecular flexibility index (Phi) is 5.43. The molecule has 4 nitrogen and oxygen atoms in total. The quantitative estimate of drug-likeness (QED) is 0.770. The lowest BCUT2D eigenvalue weighted by atomic mass is 10.0. The Morgan fingerprint density at radius 3 is 2.65 bits per heavy atom. The Hall–Kier alpha value is -0.580. The van der Waals surface area contributed by atoms with Crippen molar-refractivity contribution in [1.82, 2.24) is 4.90 Å². The monoisotopic (exact) mass is 261 g/mol. The molecule has 1 unspecified atom stereocenters. The number of carbonyl (C=O) groups is 1. The highest BCUT2D eigenvalue weighted by molar-refractivity contribution is 7.92. The summed E-state index contributed by atoms with van der Waals surface area (Å²) in [6.45, 7) is 5.42. The fourth-order valence-corrected chi connectivity index (χ4v) is 3.50. The predicted octanol–water partition coefficient (Wildman–Crippen LogP) is 1.46. The van der Waals surface area contributed by atoms with Crippen molar-refractivity contribution in [2.75, 3.05) is 24.6 Å². The zero-order valence-corrected chi connectivity index (χ0v) is 11.6. The summed E-state index contributed by atoms with van der Waals surface area (Å²) < 4.78 is 23.2. The van der Waals surface area contributed by atoms with E-state index in [1.165, 1.54) is 0 Å². The molecule has 0 aromatic rings. The topological polar surface area (TPSA) is 54.5 Å². The minimum absolute atomic E-state index is 0.114. The van der Waals surface area contributed by atoms with E-state index in [1.807, 2.05) is 6.92 Å². The number of likely N-dealkylation sites (tertiary alicyclic amines) is 1. The first-order chi connectivity index (χ1) is 7.94. The van der Waals surface area contributed by atoms with Crippen LogP contribution in [0.1, 0.15) is 39.5 Å². The number of hydrogen-bond acceptors (Lipinski definition) is 3. The second-order valence-corrected chi connectivity index (χ2v) is 7.19. The average Bonchev–Trinajstić information content (AvgIpc) is 2.42. The molecule has 0 aromatic heterocycles. The maximum absolute atomic E-state index is 11.9. The molecule has 0 saturated carbocycles. The Bertz CT molecular complexity index is 351. The smallest absolute Gasteiger partial charge is 0.237 e. The van der Waals surface area contributed by atoms with Crippen molar-refractivity contribution in [1.29, 1.82) is 0 Å². The number of hydrogen-bond donors (Lipinski definition) is 0. The van der Waals surface area contributed by atoms with Gasteiger partial charge in [0.05, 0.1) is 5.75 Å². The molecule has 0 aromatic carbocycles. The lowest BCUT2D eigenvalue weighted by Gasteiger charge is -2.20.